The van der Waals surface area contributed by atoms with Gasteiger partial charge in [-0.2, -0.15) is 0 Å². The van der Waals surface area contributed by atoms with Gasteiger partial charge in [0.15, 0.2) is 0 Å². The average Bonchev–Trinajstić information content (AvgIpc) is 2.04. The first-order valence-corrected chi connectivity index (χ1v) is 4.29. The summed E-state index contributed by atoms with van der Waals surface area (Å²) in [5.74, 6) is 0. The minimum atomic E-state index is 1.00. The Balaban J connectivity index is 4.40. The van der Waals surface area contributed by atoms with Gasteiger partial charge in [-0.25, -0.2) is 0 Å². The van der Waals surface area contributed by atoms with Gasteiger partial charge in [0, 0.05) is 0 Å². The van der Waals surface area contributed by atoms with E-state index in [1.165, 1.54) is 11.1 Å². The summed E-state index contributed by atoms with van der Waals surface area (Å²) in [4.78, 5) is 0. The first kappa shape index (κ1) is 11.0. The zero-order chi connectivity index (χ0) is 9.56. The molecule has 0 heteroatoms. The SMILES string of the molecule is C=C(C)/C=C\C(=C/C)C(=C)CC. The molecule has 0 aromatic rings. The largest absolute Gasteiger partial charge is 0.0961 e. The van der Waals surface area contributed by atoms with Crippen LogP contribution >= 0.6 is 0 Å². The maximum atomic E-state index is 3.97. The van der Waals surface area contributed by atoms with Crippen LogP contribution in [0.3, 0.4) is 0 Å². The topological polar surface area (TPSA) is 0 Å². The Bertz CT molecular complexity index is 226. The number of rotatable bonds is 4. The van der Waals surface area contributed by atoms with Crippen LogP contribution in [-0.4, -0.2) is 0 Å². The summed E-state index contributed by atoms with van der Waals surface area (Å²) in [6, 6.07) is 0. The van der Waals surface area contributed by atoms with Gasteiger partial charge in [-0.05, 0) is 31.4 Å². The molecule has 0 bridgehead atoms. The number of hydrogen-bond acceptors (Lipinski definition) is 0. The highest BCUT2D eigenvalue weighted by molar-refractivity contribution is 5.39. The highest BCUT2D eigenvalue weighted by atomic mass is 14.0. The van der Waals surface area contributed by atoms with Gasteiger partial charge in [0.2, 0.25) is 0 Å². The number of allylic oxidation sites excluding steroid dienone is 6. The van der Waals surface area contributed by atoms with Crippen LogP contribution < -0.4 is 0 Å². The van der Waals surface area contributed by atoms with Crippen LogP contribution in [0.2, 0.25) is 0 Å². The van der Waals surface area contributed by atoms with Gasteiger partial charge in [0.1, 0.15) is 0 Å². The molecule has 66 valence electrons. The Hall–Kier alpha value is -1.04. The molecule has 0 spiro atoms. The maximum Gasteiger partial charge on any atom is -0.0273 e. The Labute approximate surface area is 76.0 Å². The molecule has 0 unspecified atom stereocenters. The smallest absolute Gasteiger partial charge is 0.0273 e. The molecule has 0 aromatic heterocycles. The van der Waals surface area contributed by atoms with Gasteiger partial charge in [0.25, 0.3) is 0 Å². The molecule has 0 heterocycles. The Kier molecular flexibility index (Phi) is 5.11. The monoisotopic (exact) mass is 162 g/mol. The van der Waals surface area contributed by atoms with Crippen LogP contribution in [0.5, 0.6) is 0 Å². The lowest BCUT2D eigenvalue weighted by atomic mass is 10.0. The van der Waals surface area contributed by atoms with Crippen molar-refractivity contribution in [2.75, 3.05) is 0 Å². The Morgan fingerprint density at radius 3 is 2.17 bits per heavy atom. The van der Waals surface area contributed by atoms with Crippen molar-refractivity contribution < 1.29 is 0 Å². The molecule has 0 rings (SSSR count). The van der Waals surface area contributed by atoms with Gasteiger partial charge >= 0.3 is 0 Å². The molecule has 0 nitrogen and oxygen atoms in total. The summed E-state index contributed by atoms with van der Waals surface area (Å²) in [5, 5.41) is 0. The van der Waals surface area contributed by atoms with E-state index < -0.39 is 0 Å². The van der Waals surface area contributed by atoms with Crippen LogP contribution in [0, 0.1) is 0 Å². The third-order valence-corrected chi connectivity index (χ3v) is 1.69. The van der Waals surface area contributed by atoms with E-state index in [4.69, 9.17) is 0 Å². The second kappa shape index (κ2) is 5.59. The lowest BCUT2D eigenvalue weighted by Crippen LogP contribution is -1.81. The van der Waals surface area contributed by atoms with Gasteiger partial charge in [0.05, 0.1) is 0 Å². The molecular weight excluding hydrogens is 144 g/mol. The maximum absolute atomic E-state index is 3.97. The minimum absolute atomic E-state index is 1.00. The van der Waals surface area contributed by atoms with E-state index in [1.807, 2.05) is 19.9 Å². The predicted octanol–water partition coefficient (Wildman–Crippen LogP) is 4.03. The van der Waals surface area contributed by atoms with Crippen molar-refractivity contribution in [1.29, 1.82) is 0 Å². The molecule has 0 fully saturated rings. The van der Waals surface area contributed by atoms with Crippen molar-refractivity contribution >= 4 is 0 Å². The third-order valence-electron chi connectivity index (χ3n) is 1.69. The fourth-order valence-corrected chi connectivity index (χ4v) is 0.854. The summed E-state index contributed by atoms with van der Waals surface area (Å²) in [6.45, 7) is 13.9. The quantitative estimate of drug-likeness (QED) is 0.547. The Morgan fingerprint density at radius 1 is 1.25 bits per heavy atom. The molecule has 0 N–H and O–H groups in total. The van der Waals surface area contributed by atoms with Crippen LogP contribution in [0.25, 0.3) is 0 Å². The molecule has 0 aliphatic rings. The lowest BCUT2D eigenvalue weighted by molar-refractivity contribution is 1.13. The second-order valence-electron chi connectivity index (χ2n) is 2.88. The van der Waals surface area contributed by atoms with Crippen molar-refractivity contribution in [2.45, 2.75) is 27.2 Å². The fourth-order valence-electron chi connectivity index (χ4n) is 0.854. The van der Waals surface area contributed by atoms with Gasteiger partial charge < -0.3 is 0 Å². The predicted molar refractivity (Wildman–Crippen MR) is 57.1 cm³/mol. The Morgan fingerprint density at radius 2 is 1.83 bits per heavy atom. The third kappa shape index (κ3) is 3.97. The highest BCUT2D eigenvalue weighted by Gasteiger charge is 1.93. The lowest BCUT2D eigenvalue weighted by Gasteiger charge is -2.01. The summed E-state index contributed by atoms with van der Waals surface area (Å²) >= 11 is 0. The zero-order valence-electron chi connectivity index (χ0n) is 8.35. The molecule has 0 atom stereocenters. The average molecular weight is 162 g/mol. The molecule has 0 amide bonds. The summed E-state index contributed by atoms with van der Waals surface area (Å²) < 4.78 is 0. The van der Waals surface area contributed by atoms with E-state index in [0.29, 0.717) is 0 Å². The summed E-state index contributed by atoms with van der Waals surface area (Å²) in [5.41, 5.74) is 3.45. The fraction of sp³-hybridized carbons (Fsp3) is 0.333. The second-order valence-corrected chi connectivity index (χ2v) is 2.88. The normalized spacial score (nSPS) is 12.1. The van der Waals surface area contributed by atoms with Crippen LogP contribution in [0.4, 0.5) is 0 Å². The molecule has 0 saturated carbocycles. The van der Waals surface area contributed by atoms with E-state index in [1.54, 1.807) is 0 Å². The van der Waals surface area contributed by atoms with Crippen molar-refractivity contribution in [3.63, 3.8) is 0 Å². The van der Waals surface area contributed by atoms with Gasteiger partial charge in [-0.3, -0.25) is 0 Å². The molecular formula is C12H18. The van der Waals surface area contributed by atoms with Gasteiger partial charge in [-0.1, -0.05) is 43.9 Å². The molecule has 0 radical (unpaired) electrons. The van der Waals surface area contributed by atoms with Crippen molar-refractivity contribution in [2.24, 2.45) is 0 Å². The number of hydrogen-bond donors (Lipinski definition) is 0. The van der Waals surface area contributed by atoms with Crippen molar-refractivity contribution in [3.05, 3.63) is 48.1 Å². The molecule has 0 aromatic carbocycles. The van der Waals surface area contributed by atoms with Crippen LogP contribution in [0.1, 0.15) is 27.2 Å². The first-order valence-electron chi connectivity index (χ1n) is 4.29. The van der Waals surface area contributed by atoms with E-state index in [2.05, 4.69) is 32.2 Å². The van der Waals surface area contributed by atoms with Crippen molar-refractivity contribution in [3.8, 4) is 0 Å². The molecule has 0 saturated heterocycles. The minimum Gasteiger partial charge on any atom is -0.0961 e. The molecule has 12 heavy (non-hydrogen) atoms. The van der Waals surface area contributed by atoms with E-state index >= 15 is 0 Å². The van der Waals surface area contributed by atoms with Gasteiger partial charge in [-0.15, -0.1) is 0 Å². The van der Waals surface area contributed by atoms with Crippen LogP contribution in [-0.2, 0) is 0 Å². The molecule has 0 aliphatic carbocycles. The molecule has 0 aliphatic heterocycles. The zero-order valence-corrected chi connectivity index (χ0v) is 8.35. The summed E-state index contributed by atoms with van der Waals surface area (Å²) in [6.07, 6.45) is 7.15. The highest BCUT2D eigenvalue weighted by Crippen LogP contribution is 2.13. The van der Waals surface area contributed by atoms with E-state index in [9.17, 15) is 0 Å². The standard InChI is InChI=1S/C12H18/c1-6-11(5)12(7-2)9-8-10(3)4/h7-9H,3,5-6H2,1-2,4H3/b9-8-,12-7+. The summed E-state index contributed by atoms with van der Waals surface area (Å²) in [7, 11) is 0. The van der Waals surface area contributed by atoms with E-state index in [0.717, 1.165) is 12.0 Å². The van der Waals surface area contributed by atoms with Crippen molar-refractivity contribution in [1.82, 2.24) is 0 Å². The van der Waals surface area contributed by atoms with Crippen LogP contribution in [0.15, 0.2) is 48.1 Å². The first-order chi connectivity index (χ1) is 5.61. The van der Waals surface area contributed by atoms with E-state index in [-0.39, 0.29) is 0 Å².